The highest BCUT2D eigenvalue weighted by atomic mass is 32.2. The van der Waals surface area contributed by atoms with E-state index in [0.717, 1.165) is 16.5 Å². The number of rotatable bonds is 6. The van der Waals surface area contributed by atoms with Crippen LogP contribution in [0.2, 0.25) is 0 Å². The lowest BCUT2D eigenvalue weighted by atomic mass is 10.3. The maximum Gasteiger partial charge on any atom is 0.210 e. The molecule has 1 aromatic carbocycles. The molecule has 0 aliphatic carbocycles. The van der Waals surface area contributed by atoms with Gasteiger partial charge in [0.2, 0.25) is 5.13 Å². The smallest absolute Gasteiger partial charge is 0.210 e. The number of benzene rings is 1. The Morgan fingerprint density at radius 2 is 2.32 bits per heavy atom. The summed E-state index contributed by atoms with van der Waals surface area (Å²) < 4.78 is 13.9. The molecular formula is C12H11FN4S2. The maximum atomic E-state index is 13.0. The van der Waals surface area contributed by atoms with Gasteiger partial charge in [0, 0.05) is 17.9 Å². The molecule has 7 heteroatoms. The second-order valence-electron chi connectivity index (χ2n) is 3.62. The molecule has 0 aliphatic heterocycles. The average Bonchev–Trinajstić information content (AvgIpc) is 2.82. The minimum atomic E-state index is -0.291. The van der Waals surface area contributed by atoms with E-state index in [4.69, 9.17) is 5.26 Å². The van der Waals surface area contributed by atoms with Crippen molar-refractivity contribution in [3.8, 4) is 6.07 Å². The second kappa shape index (κ2) is 7.07. The molecule has 0 radical (unpaired) electrons. The van der Waals surface area contributed by atoms with Crippen molar-refractivity contribution in [1.82, 2.24) is 10.2 Å². The quantitative estimate of drug-likeness (QED) is 0.648. The zero-order valence-electron chi connectivity index (χ0n) is 9.97. The minimum absolute atomic E-state index is 0.291. The zero-order valence-corrected chi connectivity index (χ0v) is 11.6. The van der Waals surface area contributed by atoms with Crippen LogP contribution in [-0.4, -0.2) is 16.0 Å². The monoisotopic (exact) mass is 294 g/mol. The van der Waals surface area contributed by atoms with Gasteiger partial charge in [-0.1, -0.05) is 29.2 Å². The Balaban J connectivity index is 1.89. The van der Waals surface area contributed by atoms with Crippen molar-refractivity contribution in [1.29, 1.82) is 5.26 Å². The molecule has 0 saturated carbocycles. The molecule has 0 saturated heterocycles. The van der Waals surface area contributed by atoms with Crippen LogP contribution in [0.15, 0.2) is 28.6 Å². The molecule has 0 unspecified atom stereocenters. The van der Waals surface area contributed by atoms with Crippen molar-refractivity contribution in [3.05, 3.63) is 30.1 Å². The number of halogens is 1. The minimum Gasteiger partial charge on any atom is -0.330 e. The molecule has 2 aromatic rings. The highest BCUT2D eigenvalue weighted by molar-refractivity contribution is 8.01. The Morgan fingerprint density at radius 1 is 1.42 bits per heavy atom. The van der Waals surface area contributed by atoms with Crippen LogP contribution in [0.4, 0.5) is 15.2 Å². The Labute approximate surface area is 118 Å². The molecule has 19 heavy (non-hydrogen) atoms. The molecule has 4 nitrogen and oxygen atoms in total. The van der Waals surface area contributed by atoms with E-state index < -0.39 is 0 Å². The molecular weight excluding hydrogens is 283 g/mol. The standard InChI is InChI=1S/C12H11FN4S2/c13-9-4-3-5-10(8-9)15-11-16-17-12(19-11)18-7-2-1-6-14/h3-5,8H,1-2,7H2,(H,15,16). The number of thioether (sulfide) groups is 1. The van der Waals surface area contributed by atoms with Crippen LogP contribution in [0.1, 0.15) is 12.8 Å². The highest BCUT2D eigenvalue weighted by Crippen LogP contribution is 2.28. The number of hydrogen-bond donors (Lipinski definition) is 1. The predicted molar refractivity (Wildman–Crippen MR) is 75.2 cm³/mol. The second-order valence-corrected chi connectivity index (χ2v) is 5.94. The van der Waals surface area contributed by atoms with Crippen molar-refractivity contribution < 1.29 is 4.39 Å². The summed E-state index contributed by atoms with van der Waals surface area (Å²) in [6, 6.07) is 8.30. The Bertz CT molecular complexity index is 579. The number of nitrogens with zero attached hydrogens (tertiary/aromatic N) is 3. The lowest BCUT2D eigenvalue weighted by Crippen LogP contribution is -1.89. The van der Waals surface area contributed by atoms with E-state index in [9.17, 15) is 4.39 Å². The molecule has 1 aromatic heterocycles. The van der Waals surface area contributed by atoms with Crippen molar-refractivity contribution in [2.75, 3.05) is 11.1 Å². The van der Waals surface area contributed by atoms with E-state index in [1.165, 1.54) is 23.5 Å². The van der Waals surface area contributed by atoms with Crippen LogP contribution in [0.5, 0.6) is 0 Å². The molecule has 0 atom stereocenters. The van der Waals surface area contributed by atoms with Gasteiger partial charge in [-0.3, -0.25) is 0 Å². The van der Waals surface area contributed by atoms with E-state index in [-0.39, 0.29) is 5.82 Å². The van der Waals surface area contributed by atoms with Crippen molar-refractivity contribution >= 4 is 33.9 Å². The molecule has 0 aliphatic rings. The third kappa shape index (κ3) is 4.50. The van der Waals surface area contributed by atoms with Gasteiger partial charge in [-0.05, 0) is 24.6 Å². The van der Waals surface area contributed by atoms with Gasteiger partial charge in [-0.2, -0.15) is 5.26 Å². The van der Waals surface area contributed by atoms with Gasteiger partial charge in [0.25, 0.3) is 0 Å². The summed E-state index contributed by atoms with van der Waals surface area (Å²) >= 11 is 2.99. The van der Waals surface area contributed by atoms with Gasteiger partial charge in [-0.25, -0.2) is 4.39 Å². The fourth-order valence-electron chi connectivity index (χ4n) is 1.32. The van der Waals surface area contributed by atoms with Crippen LogP contribution >= 0.6 is 23.1 Å². The Kier molecular flexibility index (Phi) is 5.12. The van der Waals surface area contributed by atoms with Crippen LogP contribution in [0, 0.1) is 17.1 Å². The van der Waals surface area contributed by atoms with Gasteiger partial charge < -0.3 is 5.32 Å². The first-order valence-electron chi connectivity index (χ1n) is 5.64. The fraction of sp³-hybridized carbons (Fsp3) is 0.250. The fourth-order valence-corrected chi connectivity index (χ4v) is 3.10. The number of nitriles is 1. The predicted octanol–water partition coefficient (Wildman–Crippen LogP) is 3.82. The highest BCUT2D eigenvalue weighted by Gasteiger charge is 2.05. The maximum absolute atomic E-state index is 13.0. The van der Waals surface area contributed by atoms with Gasteiger partial charge in [0.05, 0.1) is 6.07 Å². The van der Waals surface area contributed by atoms with E-state index >= 15 is 0 Å². The number of nitrogens with one attached hydrogen (secondary N) is 1. The first kappa shape index (κ1) is 13.8. The van der Waals surface area contributed by atoms with Crippen LogP contribution in [0.3, 0.4) is 0 Å². The van der Waals surface area contributed by atoms with Gasteiger partial charge in [0.1, 0.15) is 5.82 Å². The van der Waals surface area contributed by atoms with Crippen molar-refractivity contribution in [2.24, 2.45) is 0 Å². The lowest BCUT2D eigenvalue weighted by molar-refractivity contribution is 0.628. The molecule has 98 valence electrons. The number of aromatic nitrogens is 2. The third-order valence-electron chi connectivity index (χ3n) is 2.14. The molecule has 0 spiro atoms. The van der Waals surface area contributed by atoms with Gasteiger partial charge in [0.15, 0.2) is 4.34 Å². The Morgan fingerprint density at radius 3 is 3.11 bits per heavy atom. The summed E-state index contributed by atoms with van der Waals surface area (Å²) in [6.07, 6.45) is 1.40. The molecule has 0 amide bonds. The molecule has 0 fully saturated rings. The number of hydrogen-bond acceptors (Lipinski definition) is 6. The third-order valence-corrected chi connectivity index (χ3v) is 4.20. The van der Waals surface area contributed by atoms with E-state index in [1.54, 1.807) is 23.9 Å². The molecule has 2 rings (SSSR count). The summed E-state index contributed by atoms with van der Waals surface area (Å²) in [5.41, 5.74) is 0.650. The van der Waals surface area contributed by atoms with Crippen LogP contribution < -0.4 is 5.32 Å². The molecule has 1 N–H and O–H groups in total. The summed E-state index contributed by atoms with van der Waals surface area (Å²) in [6.45, 7) is 0. The lowest BCUT2D eigenvalue weighted by Gasteiger charge is -2.00. The Hall–Kier alpha value is -1.65. The van der Waals surface area contributed by atoms with Crippen molar-refractivity contribution in [2.45, 2.75) is 17.2 Å². The largest absolute Gasteiger partial charge is 0.330 e. The SMILES string of the molecule is N#CCCCSc1nnc(Nc2cccc(F)c2)s1. The summed E-state index contributed by atoms with van der Waals surface area (Å²) in [4.78, 5) is 0. The summed E-state index contributed by atoms with van der Waals surface area (Å²) in [5, 5.41) is 20.1. The van der Waals surface area contributed by atoms with E-state index in [0.29, 0.717) is 17.2 Å². The first-order chi connectivity index (χ1) is 9.28. The first-order valence-corrected chi connectivity index (χ1v) is 7.44. The summed E-state index contributed by atoms with van der Waals surface area (Å²) in [5.74, 6) is 0.558. The number of anilines is 2. The molecule has 1 heterocycles. The van der Waals surface area contributed by atoms with Crippen LogP contribution in [-0.2, 0) is 0 Å². The average molecular weight is 294 g/mol. The van der Waals surface area contributed by atoms with E-state index in [2.05, 4.69) is 21.6 Å². The zero-order chi connectivity index (χ0) is 13.5. The normalized spacial score (nSPS) is 10.1. The summed E-state index contributed by atoms with van der Waals surface area (Å²) in [7, 11) is 0. The van der Waals surface area contributed by atoms with Gasteiger partial charge >= 0.3 is 0 Å². The van der Waals surface area contributed by atoms with Gasteiger partial charge in [-0.15, -0.1) is 10.2 Å². The molecule has 0 bridgehead atoms. The van der Waals surface area contributed by atoms with Crippen molar-refractivity contribution in [3.63, 3.8) is 0 Å². The van der Waals surface area contributed by atoms with E-state index in [1.807, 2.05) is 0 Å². The topological polar surface area (TPSA) is 61.6 Å². The van der Waals surface area contributed by atoms with Crippen LogP contribution in [0.25, 0.3) is 0 Å². The number of unbranched alkanes of at least 4 members (excludes halogenated alkanes) is 1.